The highest BCUT2D eigenvalue weighted by Crippen LogP contribution is 1.97. The molecular formula is C7H20N2Si2. The maximum absolute atomic E-state index is 3.29. The lowest BCUT2D eigenvalue weighted by Crippen LogP contribution is -2.49. The van der Waals surface area contributed by atoms with Gasteiger partial charge in [-0.2, -0.15) is 0 Å². The van der Waals surface area contributed by atoms with E-state index in [1.807, 2.05) is 0 Å². The van der Waals surface area contributed by atoms with Gasteiger partial charge in [0.1, 0.15) is 23.1 Å². The summed E-state index contributed by atoms with van der Waals surface area (Å²) in [6, 6.07) is 0. The molecule has 0 fully saturated rings. The fourth-order valence-corrected chi connectivity index (χ4v) is 1.41. The lowest BCUT2D eigenvalue weighted by atomic mass is 11.3. The third-order valence-electron chi connectivity index (χ3n) is 0.875. The second kappa shape index (κ2) is 3.84. The zero-order valence-corrected chi connectivity index (χ0v) is 10.5. The standard InChI is InChI=1S/C7H20N2Si2/c1-10(2,3)8-7-9-11(4,5)6/h8-9H,1-6H3. The van der Waals surface area contributed by atoms with E-state index in [0.717, 1.165) is 0 Å². The Morgan fingerprint density at radius 3 is 1.18 bits per heavy atom. The molecule has 0 aromatic carbocycles. The Hall–Kier alpha value is 0.354. The minimum Gasteiger partial charge on any atom is -0.316 e. The molecule has 4 heteroatoms. The van der Waals surface area contributed by atoms with Gasteiger partial charge in [0.15, 0.2) is 0 Å². The van der Waals surface area contributed by atoms with Crippen molar-refractivity contribution < 1.29 is 0 Å². The van der Waals surface area contributed by atoms with E-state index in [9.17, 15) is 0 Å². The molecule has 2 nitrogen and oxygen atoms in total. The molecule has 66 valence electrons. The Balaban J connectivity index is 3.44. The molecule has 0 unspecified atom stereocenters. The average Bonchev–Trinajstić information content (AvgIpc) is 1.55. The van der Waals surface area contributed by atoms with E-state index in [1.165, 1.54) is 0 Å². The van der Waals surface area contributed by atoms with E-state index >= 15 is 0 Å². The van der Waals surface area contributed by atoms with Gasteiger partial charge in [-0.3, -0.25) is 0 Å². The van der Waals surface area contributed by atoms with Crippen LogP contribution in [-0.2, 0) is 0 Å². The SMILES string of the molecule is C[Si](C)(C)N[C]N[Si](C)(C)C. The number of hydrogen-bond acceptors (Lipinski definition) is 2. The van der Waals surface area contributed by atoms with Gasteiger partial charge in [-0.25, -0.2) is 0 Å². The molecular weight excluding hydrogens is 168 g/mol. The van der Waals surface area contributed by atoms with Gasteiger partial charge in [0.25, 0.3) is 0 Å². The van der Waals surface area contributed by atoms with Crippen LogP contribution in [0.4, 0.5) is 0 Å². The van der Waals surface area contributed by atoms with Crippen molar-refractivity contribution in [3.8, 4) is 0 Å². The summed E-state index contributed by atoms with van der Waals surface area (Å²) >= 11 is 0. The largest absolute Gasteiger partial charge is 0.316 e. The molecule has 0 saturated carbocycles. The lowest BCUT2D eigenvalue weighted by molar-refractivity contribution is 0.968. The molecule has 0 aliphatic heterocycles. The van der Waals surface area contributed by atoms with Crippen LogP contribution in [0.2, 0.25) is 39.3 Å². The second-order valence-corrected chi connectivity index (χ2v) is 14.4. The Labute approximate surface area is 73.0 Å². The van der Waals surface area contributed by atoms with E-state index in [0.29, 0.717) is 0 Å². The molecule has 11 heavy (non-hydrogen) atoms. The van der Waals surface area contributed by atoms with Gasteiger partial charge >= 0.3 is 0 Å². The number of nitrogens with one attached hydrogen (secondary N) is 2. The maximum atomic E-state index is 3.29. The van der Waals surface area contributed by atoms with E-state index in [-0.39, 0.29) is 0 Å². The zero-order chi connectivity index (χ0) is 9.12. The van der Waals surface area contributed by atoms with E-state index in [2.05, 4.69) is 55.9 Å². The molecule has 0 aromatic heterocycles. The van der Waals surface area contributed by atoms with Gasteiger partial charge in [0.05, 0.1) is 0 Å². The lowest BCUT2D eigenvalue weighted by Gasteiger charge is -2.22. The highest BCUT2D eigenvalue weighted by atomic mass is 28.3. The third kappa shape index (κ3) is 10.4. The molecule has 0 heterocycles. The summed E-state index contributed by atoms with van der Waals surface area (Å²) in [6.45, 7) is 16.6. The Morgan fingerprint density at radius 1 is 0.727 bits per heavy atom. The Morgan fingerprint density at radius 2 is 1.00 bits per heavy atom. The summed E-state index contributed by atoms with van der Waals surface area (Å²) in [7, 11) is -2.32. The van der Waals surface area contributed by atoms with Crippen LogP contribution < -0.4 is 9.96 Å². The predicted octanol–water partition coefficient (Wildman–Crippen LogP) is 1.83. The molecule has 0 spiro atoms. The van der Waals surface area contributed by atoms with Crippen LogP contribution in [0.3, 0.4) is 0 Å². The van der Waals surface area contributed by atoms with Gasteiger partial charge in [0.2, 0.25) is 0 Å². The fourth-order valence-electron chi connectivity index (χ4n) is 0.406. The molecule has 0 amide bonds. The van der Waals surface area contributed by atoms with Crippen molar-refractivity contribution in [3.05, 3.63) is 6.67 Å². The first kappa shape index (κ1) is 11.4. The van der Waals surface area contributed by atoms with Crippen molar-refractivity contribution in [3.63, 3.8) is 0 Å². The highest BCUT2D eigenvalue weighted by Gasteiger charge is 2.16. The Bertz CT molecular complexity index is 98.6. The third-order valence-corrected chi connectivity index (χ3v) is 2.62. The van der Waals surface area contributed by atoms with E-state index in [4.69, 9.17) is 0 Å². The monoisotopic (exact) mass is 188 g/mol. The normalized spacial score (nSPS) is 13.6. The molecule has 0 rings (SSSR count). The molecule has 2 radical (unpaired) electrons. The second-order valence-electron chi connectivity index (χ2n) is 4.88. The topological polar surface area (TPSA) is 24.1 Å². The van der Waals surface area contributed by atoms with Crippen molar-refractivity contribution in [2.24, 2.45) is 0 Å². The zero-order valence-electron chi connectivity index (χ0n) is 8.50. The maximum Gasteiger partial charge on any atom is 0.126 e. The minimum absolute atomic E-state index is 1.16. The summed E-state index contributed by atoms with van der Waals surface area (Å²) in [6.07, 6.45) is 0. The number of hydrogen-bond donors (Lipinski definition) is 2. The molecule has 0 bridgehead atoms. The van der Waals surface area contributed by atoms with Gasteiger partial charge in [0, 0.05) is 0 Å². The first-order valence-electron chi connectivity index (χ1n) is 4.00. The Kier molecular flexibility index (Phi) is 3.97. The van der Waals surface area contributed by atoms with Crippen LogP contribution in [0.1, 0.15) is 0 Å². The molecule has 2 N–H and O–H groups in total. The molecule has 0 saturated heterocycles. The first-order valence-corrected chi connectivity index (χ1v) is 11.0. The molecule has 0 atom stereocenters. The van der Waals surface area contributed by atoms with Crippen LogP contribution in [-0.4, -0.2) is 16.5 Å². The summed E-state index contributed by atoms with van der Waals surface area (Å²) < 4.78 is 0. The molecule has 0 aromatic rings. The summed E-state index contributed by atoms with van der Waals surface area (Å²) in [4.78, 5) is 6.58. The van der Waals surface area contributed by atoms with E-state index < -0.39 is 16.5 Å². The van der Waals surface area contributed by atoms with Gasteiger partial charge < -0.3 is 9.96 Å². The number of rotatable bonds is 4. The minimum atomic E-state index is -1.16. The van der Waals surface area contributed by atoms with Crippen molar-refractivity contribution in [2.45, 2.75) is 39.3 Å². The molecule has 0 aliphatic carbocycles. The van der Waals surface area contributed by atoms with Crippen molar-refractivity contribution in [2.75, 3.05) is 0 Å². The predicted molar refractivity (Wildman–Crippen MR) is 56.2 cm³/mol. The van der Waals surface area contributed by atoms with Gasteiger partial charge in [-0.15, -0.1) is 0 Å². The van der Waals surface area contributed by atoms with Crippen LogP contribution in [0.5, 0.6) is 0 Å². The smallest absolute Gasteiger partial charge is 0.126 e. The van der Waals surface area contributed by atoms with Crippen LogP contribution in [0.25, 0.3) is 0 Å². The quantitative estimate of drug-likeness (QED) is 0.520. The summed E-state index contributed by atoms with van der Waals surface area (Å²) in [5.74, 6) is 0. The van der Waals surface area contributed by atoms with Gasteiger partial charge in [-0.05, 0) is 0 Å². The highest BCUT2D eigenvalue weighted by molar-refractivity contribution is 6.75. The summed E-state index contributed by atoms with van der Waals surface area (Å²) in [5, 5.41) is 0. The fraction of sp³-hybridized carbons (Fsp3) is 0.857. The van der Waals surface area contributed by atoms with Crippen molar-refractivity contribution >= 4 is 16.5 Å². The van der Waals surface area contributed by atoms with Crippen LogP contribution >= 0.6 is 0 Å². The summed E-state index contributed by atoms with van der Waals surface area (Å²) in [5.41, 5.74) is 0. The average molecular weight is 188 g/mol. The first-order chi connectivity index (χ1) is 4.71. The van der Waals surface area contributed by atoms with Crippen LogP contribution in [0.15, 0.2) is 0 Å². The van der Waals surface area contributed by atoms with Crippen LogP contribution in [0, 0.1) is 6.67 Å². The van der Waals surface area contributed by atoms with Gasteiger partial charge in [-0.1, -0.05) is 39.3 Å². The van der Waals surface area contributed by atoms with Crippen molar-refractivity contribution in [1.29, 1.82) is 0 Å². The molecule has 0 aliphatic rings. The van der Waals surface area contributed by atoms with E-state index in [1.54, 1.807) is 0 Å². The van der Waals surface area contributed by atoms with Crippen molar-refractivity contribution in [1.82, 2.24) is 9.96 Å².